The number of nitrogens with zero attached hydrogens (tertiary/aromatic N) is 3. The average molecular weight is 376 g/mol. The summed E-state index contributed by atoms with van der Waals surface area (Å²) in [6.07, 6.45) is 1.08. The van der Waals surface area contributed by atoms with Crippen LogP contribution in [0.5, 0.6) is 0 Å². The minimum atomic E-state index is 0.132. The Bertz CT molecular complexity index is 543. The monoisotopic (exact) mass is 375 g/mol. The number of nitrogens with one attached hydrogen (secondary N) is 2. The summed E-state index contributed by atoms with van der Waals surface area (Å²) in [5.41, 5.74) is 1.22. The fraction of sp³-hybridized carbons (Fsp3) is 0.667. The summed E-state index contributed by atoms with van der Waals surface area (Å²) in [4.78, 5) is 9.25. The van der Waals surface area contributed by atoms with Crippen molar-refractivity contribution in [1.82, 2.24) is 20.4 Å². The molecule has 2 unspecified atom stereocenters. The number of hydrogen-bond donors (Lipinski definition) is 2. The van der Waals surface area contributed by atoms with E-state index in [1.165, 1.54) is 5.56 Å². The highest BCUT2D eigenvalue weighted by atomic mass is 16.5. The molecule has 6 nitrogen and oxygen atoms in total. The highest BCUT2D eigenvalue weighted by Crippen LogP contribution is 2.15. The molecular weight excluding hydrogens is 338 g/mol. The van der Waals surface area contributed by atoms with Gasteiger partial charge in [0.05, 0.1) is 6.10 Å². The van der Waals surface area contributed by atoms with Crippen LogP contribution in [-0.4, -0.2) is 81.8 Å². The second-order valence-electron chi connectivity index (χ2n) is 7.35. The molecule has 2 atom stereocenters. The Balaban J connectivity index is 1.57. The molecule has 0 amide bonds. The van der Waals surface area contributed by atoms with Gasteiger partial charge in [-0.3, -0.25) is 9.89 Å². The fourth-order valence-electron chi connectivity index (χ4n) is 3.22. The summed E-state index contributed by atoms with van der Waals surface area (Å²) >= 11 is 0. The van der Waals surface area contributed by atoms with Gasteiger partial charge in [0.25, 0.3) is 0 Å². The van der Waals surface area contributed by atoms with E-state index in [1.54, 1.807) is 0 Å². The van der Waals surface area contributed by atoms with Crippen molar-refractivity contribution in [3.8, 4) is 0 Å². The van der Waals surface area contributed by atoms with Crippen LogP contribution in [0.25, 0.3) is 0 Å². The molecule has 1 aliphatic heterocycles. The number of piperazine rings is 1. The summed E-state index contributed by atoms with van der Waals surface area (Å²) in [7, 11) is 4.01. The van der Waals surface area contributed by atoms with Gasteiger partial charge in [-0.2, -0.15) is 0 Å². The number of rotatable bonds is 9. The molecule has 1 heterocycles. The zero-order chi connectivity index (χ0) is 19.5. The largest absolute Gasteiger partial charge is 0.374 e. The zero-order valence-corrected chi connectivity index (χ0v) is 17.4. The van der Waals surface area contributed by atoms with E-state index >= 15 is 0 Å². The molecule has 2 rings (SSSR count). The quantitative estimate of drug-likeness (QED) is 0.393. The molecule has 0 aliphatic carbocycles. The molecule has 0 spiro atoms. The second-order valence-corrected chi connectivity index (χ2v) is 7.35. The zero-order valence-electron chi connectivity index (χ0n) is 17.4. The Morgan fingerprint density at radius 3 is 2.48 bits per heavy atom. The van der Waals surface area contributed by atoms with E-state index in [1.807, 2.05) is 13.1 Å². The van der Waals surface area contributed by atoms with Crippen molar-refractivity contribution in [3.63, 3.8) is 0 Å². The number of benzene rings is 1. The molecule has 0 saturated carbocycles. The highest BCUT2D eigenvalue weighted by Gasteiger charge is 2.18. The number of likely N-dealkylation sites (N-methyl/N-ethyl adjacent to an activating group) is 1. The van der Waals surface area contributed by atoms with Crippen molar-refractivity contribution >= 4 is 5.96 Å². The van der Waals surface area contributed by atoms with Gasteiger partial charge >= 0.3 is 0 Å². The van der Waals surface area contributed by atoms with Crippen molar-refractivity contribution in [2.45, 2.75) is 32.4 Å². The first kappa shape index (κ1) is 21.7. The maximum atomic E-state index is 5.92. The number of hydrogen-bond acceptors (Lipinski definition) is 4. The van der Waals surface area contributed by atoms with E-state index < -0.39 is 0 Å². The summed E-state index contributed by atoms with van der Waals surface area (Å²) < 4.78 is 5.92. The van der Waals surface area contributed by atoms with Crippen molar-refractivity contribution in [3.05, 3.63) is 35.9 Å². The Morgan fingerprint density at radius 2 is 1.81 bits per heavy atom. The summed E-state index contributed by atoms with van der Waals surface area (Å²) in [5.74, 6) is 0.868. The topological polar surface area (TPSA) is 52.1 Å². The van der Waals surface area contributed by atoms with Crippen molar-refractivity contribution < 1.29 is 4.74 Å². The minimum Gasteiger partial charge on any atom is -0.374 e. The van der Waals surface area contributed by atoms with Gasteiger partial charge in [0.1, 0.15) is 0 Å². The molecule has 1 fully saturated rings. The lowest BCUT2D eigenvalue weighted by atomic mass is 10.1. The van der Waals surface area contributed by atoms with E-state index in [9.17, 15) is 0 Å². The Labute approximate surface area is 165 Å². The minimum absolute atomic E-state index is 0.132. The van der Waals surface area contributed by atoms with Gasteiger partial charge in [-0.05, 0) is 32.9 Å². The van der Waals surface area contributed by atoms with E-state index in [0.717, 1.165) is 58.3 Å². The van der Waals surface area contributed by atoms with Crippen LogP contribution in [0.2, 0.25) is 0 Å². The van der Waals surface area contributed by atoms with E-state index in [-0.39, 0.29) is 6.10 Å². The van der Waals surface area contributed by atoms with Crippen LogP contribution in [0.4, 0.5) is 0 Å². The first-order valence-corrected chi connectivity index (χ1v) is 10.1. The van der Waals surface area contributed by atoms with Gasteiger partial charge in [0.2, 0.25) is 0 Å². The second kappa shape index (κ2) is 12.0. The van der Waals surface area contributed by atoms with Gasteiger partial charge < -0.3 is 20.3 Å². The first-order chi connectivity index (χ1) is 13.1. The van der Waals surface area contributed by atoms with Crippen LogP contribution < -0.4 is 10.6 Å². The van der Waals surface area contributed by atoms with Crippen molar-refractivity contribution in [2.75, 3.05) is 60.0 Å². The maximum Gasteiger partial charge on any atom is 0.191 e. The Hall–Kier alpha value is -1.63. The van der Waals surface area contributed by atoms with Crippen molar-refractivity contribution in [1.29, 1.82) is 0 Å². The van der Waals surface area contributed by atoms with Crippen LogP contribution in [0.15, 0.2) is 35.3 Å². The number of guanidine groups is 1. The van der Waals surface area contributed by atoms with Crippen molar-refractivity contribution in [2.24, 2.45) is 4.99 Å². The molecule has 1 aliphatic rings. The van der Waals surface area contributed by atoms with Gasteiger partial charge in [-0.15, -0.1) is 0 Å². The van der Waals surface area contributed by atoms with Gasteiger partial charge in [0.15, 0.2) is 5.96 Å². The summed E-state index contributed by atoms with van der Waals surface area (Å²) in [6, 6.07) is 10.9. The third-order valence-corrected chi connectivity index (χ3v) is 5.20. The van der Waals surface area contributed by atoms with Gasteiger partial charge in [0, 0.05) is 59.0 Å². The lowest BCUT2D eigenvalue weighted by Crippen LogP contribution is -2.52. The first-order valence-electron chi connectivity index (χ1n) is 10.1. The Kier molecular flexibility index (Phi) is 9.59. The average Bonchev–Trinajstić information content (AvgIpc) is 2.70. The van der Waals surface area contributed by atoms with E-state index in [2.05, 4.69) is 70.6 Å². The molecule has 1 aromatic rings. The van der Waals surface area contributed by atoms with E-state index in [0.29, 0.717) is 6.04 Å². The maximum absolute atomic E-state index is 5.92. The number of aliphatic imine (C=N–C) groups is 1. The number of ether oxygens (including phenoxy) is 1. The molecule has 0 bridgehead atoms. The molecule has 2 N–H and O–H groups in total. The summed E-state index contributed by atoms with van der Waals surface area (Å²) in [5, 5.41) is 6.83. The van der Waals surface area contributed by atoms with Crippen LogP contribution in [0.1, 0.15) is 31.9 Å². The third kappa shape index (κ3) is 7.87. The predicted octanol–water partition coefficient (Wildman–Crippen LogP) is 1.96. The lowest BCUT2D eigenvalue weighted by Gasteiger charge is -2.36. The predicted molar refractivity (Wildman–Crippen MR) is 113 cm³/mol. The molecular formula is C21H37N5O. The molecule has 0 aromatic heterocycles. The molecule has 0 radical (unpaired) electrons. The third-order valence-electron chi connectivity index (χ3n) is 5.20. The van der Waals surface area contributed by atoms with Crippen LogP contribution in [0.3, 0.4) is 0 Å². The SMILES string of the molecule is CN=C(NCCCOC(C)c1ccccc1)NCC(C)N1CCN(C)CC1. The smallest absolute Gasteiger partial charge is 0.191 e. The fourth-order valence-corrected chi connectivity index (χ4v) is 3.22. The summed E-state index contributed by atoms with van der Waals surface area (Å²) in [6.45, 7) is 11.5. The van der Waals surface area contributed by atoms with Gasteiger partial charge in [-0.25, -0.2) is 0 Å². The highest BCUT2D eigenvalue weighted by molar-refractivity contribution is 5.79. The molecule has 1 saturated heterocycles. The normalized spacial score (nSPS) is 18.9. The van der Waals surface area contributed by atoms with Crippen LogP contribution in [-0.2, 0) is 4.74 Å². The standard InChI is InChI=1S/C21H37N5O/c1-18(26-14-12-25(4)13-15-26)17-24-21(22-3)23-11-8-16-27-19(2)20-9-6-5-7-10-20/h5-7,9-10,18-19H,8,11-17H2,1-4H3,(H2,22,23,24). The molecule has 27 heavy (non-hydrogen) atoms. The lowest BCUT2D eigenvalue weighted by molar-refractivity contribution is 0.0646. The van der Waals surface area contributed by atoms with Crippen LogP contribution in [0, 0.1) is 0 Å². The van der Waals surface area contributed by atoms with Crippen LogP contribution >= 0.6 is 0 Å². The van der Waals surface area contributed by atoms with E-state index in [4.69, 9.17) is 4.74 Å². The molecule has 152 valence electrons. The molecule has 6 heteroatoms. The molecule has 1 aromatic carbocycles. The Morgan fingerprint density at radius 1 is 1.11 bits per heavy atom. The van der Waals surface area contributed by atoms with Gasteiger partial charge in [-0.1, -0.05) is 30.3 Å².